The van der Waals surface area contributed by atoms with Crippen molar-refractivity contribution in [2.75, 3.05) is 0 Å². The Kier molecular flexibility index (Phi) is 5.49. The normalized spacial score (nSPS) is 15.9. The lowest BCUT2D eigenvalue weighted by atomic mass is 10.3. The van der Waals surface area contributed by atoms with Gasteiger partial charge in [-0.1, -0.05) is 5.04 Å². The van der Waals surface area contributed by atoms with Gasteiger partial charge in [0.15, 0.2) is 0 Å². The Morgan fingerprint density at radius 3 is 0.783 bits per heavy atom. The summed E-state index contributed by atoms with van der Waals surface area (Å²) >= 11 is 0. The summed E-state index contributed by atoms with van der Waals surface area (Å²) in [5.74, 6) is -14.2. The molecule has 0 N–H and O–H groups in total. The average molecular weight is 386 g/mol. The van der Waals surface area contributed by atoms with Crippen molar-refractivity contribution < 1.29 is 76.3 Å². The highest BCUT2D eigenvalue weighted by Gasteiger charge is 2.77. The average Bonchev–Trinajstić information content (AvgIpc) is 2.24. The van der Waals surface area contributed by atoms with Crippen LogP contribution in [0.5, 0.6) is 0 Å². The smallest absolute Gasteiger partial charge is 0.186 e. The van der Waals surface area contributed by atoms with Gasteiger partial charge in [-0.25, -0.2) is 0 Å². The molecule has 3 nitrogen and oxygen atoms in total. The van der Waals surface area contributed by atoms with Crippen LogP contribution in [0.25, 0.3) is 0 Å². The summed E-state index contributed by atoms with van der Waals surface area (Å²) in [5.41, 5.74) is 0. The minimum atomic E-state index is -7.09. The Bertz CT molecular complexity index is 370. The zero-order valence-electron chi connectivity index (χ0n) is 9.52. The van der Waals surface area contributed by atoms with Crippen LogP contribution in [0.1, 0.15) is 0 Å². The first kappa shape index (κ1) is 21.9. The van der Waals surface area contributed by atoms with Crippen LogP contribution in [0.2, 0.25) is 0 Å². The van der Waals surface area contributed by atoms with E-state index in [0.717, 1.165) is 0 Å². The first-order valence-electron chi connectivity index (χ1n) is 4.39. The molecule has 0 aromatic rings. The lowest BCUT2D eigenvalue weighted by molar-refractivity contribution is -0.660. The Balaban J connectivity index is 5.03. The summed E-state index contributed by atoms with van der Waals surface area (Å²) in [6.45, 7) is 0. The predicted octanol–water partition coefficient (Wildman–Crippen LogP) is 4.45. The molecule has 0 aromatic carbocycles. The molecule has 17 heteroatoms. The van der Waals surface area contributed by atoms with Crippen molar-refractivity contribution in [2.45, 2.75) is 36.4 Å². The van der Waals surface area contributed by atoms with Crippen LogP contribution < -0.4 is 0 Å². The number of hydrogen-bond donors (Lipinski definition) is 0. The van der Waals surface area contributed by atoms with Gasteiger partial charge in [0.05, 0.1) is 0 Å². The van der Waals surface area contributed by atoms with Crippen LogP contribution in [0, 0.1) is 0 Å². The topological polar surface area (TPSA) is 27.7 Å². The summed E-state index contributed by atoms with van der Waals surface area (Å²) in [6.07, 6.45) is -27.7. The van der Waals surface area contributed by atoms with Crippen LogP contribution in [0.3, 0.4) is 0 Å². The van der Waals surface area contributed by atoms with Crippen molar-refractivity contribution >= 4 is 0 Å². The molecule has 0 aliphatic carbocycles. The number of hydrogen-bond acceptors (Lipinski definition) is 3. The van der Waals surface area contributed by atoms with Crippen molar-refractivity contribution in [3.63, 3.8) is 0 Å². The molecule has 0 spiro atoms. The lowest BCUT2D eigenvalue weighted by Gasteiger charge is -2.28. The Hall–Kier alpha value is -1.10. The van der Waals surface area contributed by atoms with Gasteiger partial charge in [-0.2, -0.15) is 61.5 Å². The van der Waals surface area contributed by atoms with Crippen LogP contribution >= 0.6 is 0 Å². The van der Waals surface area contributed by atoms with Gasteiger partial charge in [0.25, 0.3) is 0 Å². The fourth-order valence-corrected chi connectivity index (χ4v) is 0.537. The zero-order chi connectivity index (χ0) is 19.1. The highest BCUT2D eigenvalue weighted by molar-refractivity contribution is 4.85. The largest absolute Gasteiger partial charge is 0.462 e. The first-order chi connectivity index (χ1) is 9.71. The summed E-state index contributed by atoms with van der Waals surface area (Å²) in [7, 11) is 0. The minimum absolute atomic E-state index is 1.76. The maximum Gasteiger partial charge on any atom is 0.462 e. The fraction of sp³-hybridized carbons (Fsp3) is 1.00. The molecule has 0 bridgehead atoms. The minimum Gasteiger partial charge on any atom is -0.186 e. The first-order valence-corrected chi connectivity index (χ1v) is 4.39. The van der Waals surface area contributed by atoms with Gasteiger partial charge in [0.2, 0.25) is 0 Å². The molecule has 0 heterocycles. The molecule has 0 amide bonds. The van der Waals surface area contributed by atoms with Gasteiger partial charge in [-0.05, 0) is 0 Å². The van der Waals surface area contributed by atoms with E-state index >= 15 is 0 Å². The van der Waals surface area contributed by atoms with Crippen molar-refractivity contribution in [1.82, 2.24) is 0 Å². The number of rotatable bonds is 6. The van der Waals surface area contributed by atoms with Crippen molar-refractivity contribution in [2.24, 2.45) is 0 Å². The SMILES string of the molecule is FC(F)(F)C(F)(F)C(F)(F)OOOC(F)(F)C(F)(F)C(F)(F)F. The van der Waals surface area contributed by atoms with Gasteiger partial charge in [0, 0.05) is 0 Å². The Morgan fingerprint density at radius 2 is 0.609 bits per heavy atom. The molecule has 0 rings (SSSR count). The Morgan fingerprint density at radius 1 is 0.391 bits per heavy atom. The molecule has 140 valence electrons. The van der Waals surface area contributed by atoms with Gasteiger partial charge in [-0.15, -0.1) is 9.78 Å². The highest BCUT2D eigenvalue weighted by Crippen LogP contribution is 2.49. The second-order valence-corrected chi connectivity index (χ2v) is 3.41. The molecular formula is C6F14O3. The molecule has 0 aromatic heterocycles. The van der Waals surface area contributed by atoms with E-state index in [0.29, 0.717) is 0 Å². The molecule has 0 atom stereocenters. The van der Waals surface area contributed by atoms with E-state index in [1.54, 1.807) is 9.78 Å². The second kappa shape index (κ2) is 5.76. The van der Waals surface area contributed by atoms with Gasteiger partial charge < -0.3 is 0 Å². The third kappa shape index (κ3) is 4.06. The molecule has 0 unspecified atom stereocenters. The van der Waals surface area contributed by atoms with Crippen molar-refractivity contribution in [1.29, 1.82) is 0 Å². The molecule has 0 saturated heterocycles. The summed E-state index contributed by atoms with van der Waals surface area (Å²) in [6, 6.07) is 0. The quantitative estimate of drug-likeness (QED) is 0.384. The van der Waals surface area contributed by atoms with Gasteiger partial charge in [0.1, 0.15) is 0 Å². The highest BCUT2D eigenvalue weighted by atomic mass is 19.4. The van der Waals surface area contributed by atoms with Crippen LogP contribution in [-0.2, 0) is 14.8 Å². The monoisotopic (exact) mass is 386 g/mol. The standard InChI is InChI=1S/C6F14O3/c7-1(8,3(11,12)13)5(17,18)21-23-22-6(19,20)2(9,10)4(14,15)16. The summed E-state index contributed by atoms with van der Waals surface area (Å²) in [4.78, 5) is 3.52. The third-order valence-electron chi connectivity index (χ3n) is 1.72. The van der Waals surface area contributed by atoms with Crippen molar-refractivity contribution in [3.8, 4) is 0 Å². The van der Waals surface area contributed by atoms with Crippen LogP contribution in [-0.4, -0.2) is 36.4 Å². The van der Waals surface area contributed by atoms with E-state index < -0.39 is 36.4 Å². The van der Waals surface area contributed by atoms with E-state index in [2.05, 4.69) is 0 Å². The molecule has 23 heavy (non-hydrogen) atoms. The van der Waals surface area contributed by atoms with Crippen LogP contribution in [0.4, 0.5) is 61.5 Å². The van der Waals surface area contributed by atoms with Gasteiger partial charge in [-0.3, -0.25) is 0 Å². The maximum atomic E-state index is 12.3. The van der Waals surface area contributed by atoms with Crippen LogP contribution in [0.15, 0.2) is 0 Å². The molecule has 0 radical (unpaired) electrons. The van der Waals surface area contributed by atoms with E-state index in [1.165, 1.54) is 0 Å². The fourth-order valence-electron chi connectivity index (χ4n) is 0.537. The zero-order valence-corrected chi connectivity index (χ0v) is 9.52. The lowest BCUT2D eigenvalue weighted by Crippen LogP contribution is -2.55. The summed E-state index contributed by atoms with van der Waals surface area (Å²) < 4.78 is 166. The third-order valence-corrected chi connectivity index (χ3v) is 1.72. The van der Waals surface area contributed by atoms with Gasteiger partial charge >= 0.3 is 36.4 Å². The Labute approximate surface area is 114 Å². The number of alkyl halides is 14. The molecule has 0 aliphatic heterocycles. The van der Waals surface area contributed by atoms with Crippen molar-refractivity contribution in [3.05, 3.63) is 0 Å². The predicted molar refractivity (Wildman–Crippen MR) is 35.2 cm³/mol. The van der Waals surface area contributed by atoms with E-state index in [4.69, 9.17) is 0 Å². The molecular weight excluding hydrogens is 386 g/mol. The molecule has 0 aliphatic rings. The van der Waals surface area contributed by atoms with E-state index in [1.807, 2.05) is 5.04 Å². The van der Waals surface area contributed by atoms with E-state index in [9.17, 15) is 61.5 Å². The molecule has 0 saturated carbocycles. The molecule has 0 fully saturated rings. The van der Waals surface area contributed by atoms with E-state index in [-0.39, 0.29) is 0 Å². The number of halogens is 14. The maximum absolute atomic E-state index is 12.3. The second-order valence-electron chi connectivity index (χ2n) is 3.41. The summed E-state index contributed by atoms with van der Waals surface area (Å²) in [5, 5.41) is 1.87.